The highest BCUT2D eigenvalue weighted by Gasteiger charge is 2.13. The summed E-state index contributed by atoms with van der Waals surface area (Å²) in [6.07, 6.45) is -0.272. The van der Waals surface area contributed by atoms with Gasteiger partial charge in [0.2, 0.25) is 0 Å². The van der Waals surface area contributed by atoms with Crippen molar-refractivity contribution in [2.45, 2.75) is 32.4 Å². The highest BCUT2D eigenvalue weighted by molar-refractivity contribution is 5.78. The van der Waals surface area contributed by atoms with Gasteiger partial charge in [-0.2, -0.15) is 0 Å². The summed E-state index contributed by atoms with van der Waals surface area (Å²) >= 11 is 0. The van der Waals surface area contributed by atoms with Crippen LogP contribution in [0.15, 0.2) is 18.2 Å². The maximum atomic E-state index is 13.6. The van der Waals surface area contributed by atoms with E-state index < -0.39 is 17.8 Å². The monoisotopic (exact) mass is 240 g/mol. The van der Waals surface area contributed by atoms with Crippen LogP contribution in [0, 0.1) is 5.82 Å². The number of primary amides is 1. The van der Waals surface area contributed by atoms with Crippen molar-refractivity contribution in [1.82, 2.24) is 0 Å². The zero-order valence-corrected chi connectivity index (χ0v) is 9.94. The first-order valence-electron chi connectivity index (χ1n) is 5.40. The molecule has 0 fully saturated rings. The van der Waals surface area contributed by atoms with Gasteiger partial charge >= 0.3 is 0 Å². The summed E-state index contributed by atoms with van der Waals surface area (Å²) in [5, 5.41) is 0. The highest BCUT2D eigenvalue weighted by Crippen LogP contribution is 2.20. The van der Waals surface area contributed by atoms with Crippen LogP contribution in [-0.2, 0) is 11.2 Å². The van der Waals surface area contributed by atoms with E-state index in [9.17, 15) is 9.18 Å². The second-order valence-electron chi connectivity index (χ2n) is 4.11. The van der Waals surface area contributed by atoms with E-state index in [0.29, 0.717) is 6.42 Å². The molecular weight excluding hydrogens is 223 g/mol. The van der Waals surface area contributed by atoms with E-state index in [-0.39, 0.29) is 11.8 Å². The number of amides is 1. The van der Waals surface area contributed by atoms with Gasteiger partial charge in [-0.15, -0.1) is 0 Å². The number of nitrogens with two attached hydrogens (primary N) is 2. The van der Waals surface area contributed by atoms with Crippen molar-refractivity contribution in [3.63, 3.8) is 0 Å². The van der Waals surface area contributed by atoms with Gasteiger partial charge in [0.25, 0.3) is 5.91 Å². The minimum absolute atomic E-state index is 0.0183. The zero-order chi connectivity index (χ0) is 13.0. The summed E-state index contributed by atoms with van der Waals surface area (Å²) in [4.78, 5) is 10.8. The summed E-state index contributed by atoms with van der Waals surface area (Å²) in [7, 11) is 0. The third kappa shape index (κ3) is 4.03. The van der Waals surface area contributed by atoms with Crippen LogP contribution in [0.3, 0.4) is 0 Å². The lowest BCUT2D eigenvalue weighted by Gasteiger charge is -2.13. The third-order valence-corrected chi connectivity index (χ3v) is 2.26. The van der Waals surface area contributed by atoms with E-state index in [2.05, 4.69) is 0 Å². The Morgan fingerprint density at radius 2 is 2.12 bits per heavy atom. The quantitative estimate of drug-likeness (QED) is 0.804. The van der Waals surface area contributed by atoms with Gasteiger partial charge in [-0.05, 0) is 38.0 Å². The van der Waals surface area contributed by atoms with Gasteiger partial charge in [-0.1, -0.05) is 6.07 Å². The molecule has 0 aliphatic heterocycles. The van der Waals surface area contributed by atoms with Gasteiger partial charge in [0.1, 0.15) is 0 Å². The molecule has 1 amide bonds. The Morgan fingerprint density at radius 3 is 2.59 bits per heavy atom. The molecule has 1 aromatic rings. The topological polar surface area (TPSA) is 78.3 Å². The Morgan fingerprint density at radius 1 is 1.47 bits per heavy atom. The molecule has 2 atom stereocenters. The molecule has 0 aliphatic rings. The molecule has 0 radical (unpaired) electrons. The zero-order valence-electron chi connectivity index (χ0n) is 9.94. The SMILES string of the molecule is CC(N)Cc1ccc(OC(C)C(N)=O)c(F)c1. The molecule has 1 rings (SSSR count). The van der Waals surface area contributed by atoms with Gasteiger partial charge in [-0.25, -0.2) is 4.39 Å². The molecule has 17 heavy (non-hydrogen) atoms. The fraction of sp³-hybridized carbons (Fsp3) is 0.417. The first-order chi connectivity index (χ1) is 7.90. The first-order valence-corrected chi connectivity index (χ1v) is 5.40. The van der Waals surface area contributed by atoms with E-state index in [4.69, 9.17) is 16.2 Å². The largest absolute Gasteiger partial charge is 0.478 e. The number of hydrogen-bond acceptors (Lipinski definition) is 3. The van der Waals surface area contributed by atoms with Gasteiger partial charge in [0.05, 0.1) is 0 Å². The van der Waals surface area contributed by atoms with Crippen molar-refractivity contribution in [3.8, 4) is 5.75 Å². The molecule has 94 valence electrons. The van der Waals surface area contributed by atoms with Crippen molar-refractivity contribution in [2.24, 2.45) is 11.5 Å². The second kappa shape index (κ2) is 5.63. The lowest BCUT2D eigenvalue weighted by atomic mass is 10.1. The van der Waals surface area contributed by atoms with Crippen molar-refractivity contribution in [3.05, 3.63) is 29.6 Å². The molecular formula is C12H17FN2O2. The number of carbonyl (C=O) groups is 1. The van der Waals surface area contributed by atoms with Gasteiger partial charge in [0, 0.05) is 6.04 Å². The summed E-state index contributed by atoms with van der Waals surface area (Å²) in [5.74, 6) is -1.13. The predicted octanol–water partition coefficient (Wildman–Crippen LogP) is 0.968. The van der Waals surface area contributed by atoms with Crippen molar-refractivity contribution in [1.29, 1.82) is 0 Å². The number of rotatable bonds is 5. The number of ether oxygens (including phenoxy) is 1. The Kier molecular flexibility index (Phi) is 4.45. The lowest BCUT2D eigenvalue weighted by Crippen LogP contribution is -2.30. The molecule has 4 nitrogen and oxygen atoms in total. The Labute approximate surface area is 99.7 Å². The summed E-state index contributed by atoms with van der Waals surface area (Å²) in [6, 6.07) is 4.51. The van der Waals surface area contributed by atoms with E-state index >= 15 is 0 Å². The number of hydrogen-bond donors (Lipinski definition) is 2. The summed E-state index contributed by atoms with van der Waals surface area (Å²) in [5.41, 5.74) is 11.4. The minimum atomic E-state index is -0.858. The van der Waals surface area contributed by atoms with Crippen LogP contribution in [0.25, 0.3) is 0 Å². The molecule has 0 heterocycles. The van der Waals surface area contributed by atoms with Crippen molar-refractivity contribution < 1.29 is 13.9 Å². The average molecular weight is 240 g/mol. The molecule has 1 aromatic carbocycles. The normalized spacial score (nSPS) is 14.1. The number of benzene rings is 1. The van der Waals surface area contributed by atoms with Gasteiger partial charge in [-0.3, -0.25) is 4.79 Å². The summed E-state index contributed by atoms with van der Waals surface area (Å²) < 4.78 is 18.7. The van der Waals surface area contributed by atoms with Crippen LogP contribution in [0.2, 0.25) is 0 Å². The Hall–Kier alpha value is -1.62. The van der Waals surface area contributed by atoms with Crippen molar-refractivity contribution in [2.75, 3.05) is 0 Å². The molecule has 0 saturated carbocycles. The maximum Gasteiger partial charge on any atom is 0.258 e. The van der Waals surface area contributed by atoms with Crippen LogP contribution in [-0.4, -0.2) is 18.1 Å². The summed E-state index contributed by atoms with van der Waals surface area (Å²) in [6.45, 7) is 3.31. The predicted molar refractivity (Wildman–Crippen MR) is 63.0 cm³/mol. The van der Waals surface area contributed by atoms with Crippen LogP contribution in [0.4, 0.5) is 4.39 Å². The molecule has 0 aromatic heterocycles. The molecule has 2 unspecified atom stereocenters. The third-order valence-electron chi connectivity index (χ3n) is 2.26. The second-order valence-corrected chi connectivity index (χ2v) is 4.11. The van der Waals surface area contributed by atoms with E-state index in [1.807, 2.05) is 6.92 Å². The van der Waals surface area contributed by atoms with E-state index in [1.54, 1.807) is 6.07 Å². The molecule has 5 heteroatoms. The highest BCUT2D eigenvalue weighted by atomic mass is 19.1. The van der Waals surface area contributed by atoms with Gasteiger partial charge < -0.3 is 16.2 Å². The number of carbonyl (C=O) groups excluding carboxylic acids is 1. The van der Waals surface area contributed by atoms with Crippen LogP contribution >= 0.6 is 0 Å². The van der Waals surface area contributed by atoms with E-state index in [0.717, 1.165) is 5.56 Å². The maximum absolute atomic E-state index is 13.6. The Balaban J connectivity index is 2.79. The van der Waals surface area contributed by atoms with Crippen LogP contribution in [0.5, 0.6) is 5.75 Å². The first kappa shape index (κ1) is 13.4. The molecule has 0 bridgehead atoms. The molecule has 0 aliphatic carbocycles. The molecule has 0 saturated heterocycles. The fourth-order valence-electron chi connectivity index (χ4n) is 1.39. The average Bonchev–Trinajstić information content (AvgIpc) is 2.20. The number of halogens is 1. The molecule has 4 N–H and O–H groups in total. The van der Waals surface area contributed by atoms with Gasteiger partial charge in [0.15, 0.2) is 17.7 Å². The lowest BCUT2D eigenvalue weighted by molar-refractivity contribution is -0.124. The minimum Gasteiger partial charge on any atom is -0.478 e. The van der Waals surface area contributed by atoms with Crippen LogP contribution in [0.1, 0.15) is 19.4 Å². The molecule has 0 spiro atoms. The van der Waals surface area contributed by atoms with E-state index in [1.165, 1.54) is 19.1 Å². The van der Waals surface area contributed by atoms with Crippen LogP contribution < -0.4 is 16.2 Å². The Bertz CT molecular complexity index is 407. The standard InChI is InChI=1S/C12H17FN2O2/c1-7(14)5-9-3-4-11(10(13)6-9)17-8(2)12(15)16/h3-4,6-8H,5,14H2,1-2H3,(H2,15,16). The fourth-order valence-corrected chi connectivity index (χ4v) is 1.39. The van der Waals surface area contributed by atoms with Crippen molar-refractivity contribution >= 4 is 5.91 Å². The smallest absolute Gasteiger partial charge is 0.258 e.